The lowest BCUT2D eigenvalue weighted by Gasteiger charge is -2.40. The van der Waals surface area contributed by atoms with E-state index in [1.807, 2.05) is 0 Å². The Morgan fingerprint density at radius 3 is 2.29 bits per heavy atom. The molecule has 2 saturated heterocycles. The average molecular weight is 504 g/mol. The summed E-state index contributed by atoms with van der Waals surface area (Å²) in [7, 11) is 1.60. The van der Waals surface area contributed by atoms with Crippen molar-refractivity contribution in [1.29, 1.82) is 0 Å². The van der Waals surface area contributed by atoms with Crippen LogP contribution in [0.4, 0.5) is 0 Å². The molecule has 4 N–H and O–H groups in total. The van der Waals surface area contributed by atoms with Gasteiger partial charge in [0.1, 0.15) is 18.0 Å². The zero-order valence-corrected chi connectivity index (χ0v) is 21.2. The van der Waals surface area contributed by atoms with Crippen LogP contribution in [0.15, 0.2) is 0 Å². The second kappa shape index (κ2) is 15.9. The maximum atomic E-state index is 12.4. The van der Waals surface area contributed by atoms with Crippen molar-refractivity contribution in [2.24, 2.45) is 5.92 Å². The van der Waals surface area contributed by atoms with Crippen molar-refractivity contribution in [3.05, 3.63) is 0 Å². The van der Waals surface area contributed by atoms with Gasteiger partial charge in [0.2, 0.25) is 5.91 Å². The van der Waals surface area contributed by atoms with E-state index in [1.54, 1.807) is 18.9 Å². The highest BCUT2D eigenvalue weighted by Crippen LogP contribution is 2.27. The predicted octanol–water partition coefficient (Wildman–Crippen LogP) is 0.766. The number of likely N-dealkylation sites (tertiary alicyclic amines) is 1. The van der Waals surface area contributed by atoms with Gasteiger partial charge in [-0.25, -0.2) is 0 Å². The van der Waals surface area contributed by atoms with Gasteiger partial charge < -0.3 is 39.5 Å². The summed E-state index contributed by atoms with van der Waals surface area (Å²) in [5.74, 6) is -0.137. The Morgan fingerprint density at radius 2 is 1.63 bits per heavy atom. The van der Waals surface area contributed by atoms with Crippen molar-refractivity contribution >= 4 is 11.7 Å². The highest BCUT2D eigenvalue weighted by Gasteiger charge is 2.42. The summed E-state index contributed by atoms with van der Waals surface area (Å²) >= 11 is 0. The number of unbranched alkanes of at least 4 members (excludes halogenated alkanes) is 4. The smallest absolute Gasteiger partial charge is 0.222 e. The van der Waals surface area contributed by atoms with Gasteiger partial charge in [0.15, 0.2) is 6.29 Å². The number of carbonyl (C=O) groups is 2. The SMILES string of the molecule is COC[C@@H]1C[C@@H](O)CN1C(=O)CCCCCCC(=O)CCCCOC1OC(CO)C(O)C(O)C1C. The van der Waals surface area contributed by atoms with Gasteiger partial charge in [0, 0.05) is 45.4 Å². The van der Waals surface area contributed by atoms with Crippen LogP contribution < -0.4 is 0 Å². The Balaban J connectivity index is 1.48. The Morgan fingerprint density at radius 1 is 0.971 bits per heavy atom. The number of carbonyl (C=O) groups excluding carboxylic acids is 2. The van der Waals surface area contributed by atoms with Gasteiger partial charge in [-0.15, -0.1) is 0 Å². The van der Waals surface area contributed by atoms with Crippen LogP contribution in [0.5, 0.6) is 0 Å². The molecule has 2 rings (SSSR count). The van der Waals surface area contributed by atoms with Crippen LogP contribution >= 0.6 is 0 Å². The van der Waals surface area contributed by atoms with Gasteiger partial charge in [-0.3, -0.25) is 9.59 Å². The van der Waals surface area contributed by atoms with E-state index >= 15 is 0 Å². The number of hydrogen-bond donors (Lipinski definition) is 4. The number of aliphatic hydroxyl groups is 4. The average Bonchev–Trinajstić information content (AvgIpc) is 3.21. The van der Waals surface area contributed by atoms with Gasteiger partial charge in [0.05, 0.1) is 31.5 Å². The molecule has 0 aromatic rings. The van der Waals surface area contributed by atoms with Crippen molar-refractivity contribution < 1.29 is 44.2 Å². The largest absolute Gasteiger partial charge is 0.394 e. The highest BCUT2D eigenvalue weighted by atomic mass is 16.7. The number of Topliss-reactive ketones (excluding diaryl/α,β-unsaturated/α-hetero) is 1. The summed E-state index contributed by atoms with van der Waals surface area (Å²) in [4.78, 5) is 26.3. The molecule has 0 aromatic carbocycles. The van der Waals surface area contributed by atoms with E-state index in [0.29, 0.717) is 58.3 Å². The lowest BCUT2D eigenvalue weighted by atomic mass is 9.92. The summed E-state index contributed by atoms with van der Waals surface area (Å²) in [6.07, 6.45) is 2.62. The van der Waals surface area contributed by atoms with Crippen molar-refractivity contribution in [1.82, 2.24) is 4.90 Å². The molecule has 35 heavy (non-hydrogen) atoms. The number of nitrogens with zero attached hydrogens (tertiary/aromatic N) is 1. The first kappa shape index (κ1) is 30.1. The number of ether oxygens (including phenoxy) is 3. The fourth-order valence-electron chi connectivity index (χ4n) is 4.80. The summed E-state index contributed by atoms with van der Waals surface area (Å²) in [6.45, 7) is 2.53. The molecule has 5 unspecified atom stereocenters. The van der Waals surface area contributed by atoms with E-state index < -0.39 is 43.2 Å². The van der Waals surface area contributed by atoms with Crippen molar-refractivity contribution in [2.45, 2.75) is 108 Å². The summed E-state index contributed by atoms with van der Waals surface area (Å²) in [5, 5.41) is 39.0. The highest BCUT2D eigenvalue weighted by molar-refractivity contribution is 5.78. The standard InChI is InChI=1S/C25H45NO9/c1-17-23(31)24(32)21(15-27)35-25(17)34-12-8-7-10-19(28)9-5-3-4-6-11-22(30)26-14-20(29)13-18(26)16-33-2/h17-18,20-21,23-25,27,29,31-32H,3-16H2,1-2H3/t17?,18-,20+,21?,23?,24?,25?/m0/s1. The molecule has 0 radical (unpaired) electrons. The van der Waals surface area contributed by atoms with E-state index in [-0.39, 0.29) is 17.7 Å². The third kappa shape index (κ3) is 9.68. The first-order valence-corrected chi connectivity index (χ1v) is 13.0. The Hall–Kier alpha value is -1.14. The topological polar surface area (TPSA) is 146 Å². The van der Waals surface area contributed by atoms with Crippen LogP contribution in [0.1, 0.15) is 71.1 Å². The third-order valence-electron chi connectivity index (χ3n) is 6.99. The van der Waals surface area contributed by atoms with Crippen LogP contribution in [0.25, 0.3) is 0 Å². The minimum atomic E-state index is -1.14. The third-order valence-corrected chi connectivity index (χ3v) is 6.99. The molecule has 0 aromatic heterocycles. The van der Waals surface area contributed by atoms with Crippen molar-refractivity contribution in [3.8, 4) is 0 Å². The number of methoxy groups -OCH3 is 1. The van der Waals surface area contributed by atoms with Crippen LogP contribution in [-0.4, -0.2) is 107 Å². The van der Waals surface area contributed by atoms with E-state index in [0.717, 1.165) is 25.7 Å². The number of ketones is 1. The molecule has 1 amide bonds. The molecule has 2 aliphatic heterocycles. The van der Waals surface area contributed by atoms with Gasteiger partial charge in [-0.05, 0) is 32.1 Å². The first-order chi connectivity index (χ1) is 16.8. The molecule has 2 heterocycles. The fourth-order valence-corrected chi connectivity index (χ4v) is 4.80. The molecule has 10 heteroatoms. The molecular weight excluding hydrogens is 458 g/mol. The lowest BCUT2D eigenvalue weighted by Crippen LogP contribution is -2.55. The lowest BCUT2D eigenvalue weighted by molar-refractivity contribution is -0.282. The van der Waals surface area contributed by atoms with Gasteiger partial charge >= 0.3 is 0 Å². The van der Waals surface area contributed by atoms with Crippen molar-refractivity contribution in [2.75, 3.05) is 33.5 Å². The minimum absolute atomic E-state index is 0.0407. The van der Waals surface area contributed by atoms with Crippen LogP contribution in [-0.2, 0) is 23.8 Å². The molecule has 204 valence electrons. The molecule has 0 aliphatic carbocycles. The second-order valence-electron chi connectivity index (χ2n) is 9.89. The van der Waals surface area contributed by atoms with Crippen molar-refractivity contribution in [3.63, 3.8) is 0 Å². The maximum absolute atomic E-state index is 12.4. The Kier molecular flexibility index (Phi) is 13.6. The number of hydrogen-bond acceptors (Lipinski definition) is 9. The van der Waals surface area contributed by atoms with E-state index in [9.17, 15) is 30.0 Å². The molecule has 0 spiro atoms. The monoisotopic (exact) mass is 503 g/mol. The first-order valence-electron chi connectivity index (χ1n) is 13.0. The zero-order valence-electron chi connectivity index (χ0n) is 21.2. The molecule has 0 saturated carbocycles. The molecule has 2 fully saturated rings. The Bertz CT molecular complexity index is 632. The quantitative estimate of drug-likeness (QED) is 0.224. The molecule has 0 bridgehead atoms. The molecule has 7 atom stereocenters. The van der Waals surface area contributed by atoms with Crippen LogP contribution in [0.3, 0.4) is 0 Å². The van der Waals surface area contributed by atoms with Crippen LogP contribution in [0.2, 0.25) is 0 Å². The molecule has 2 aliphatic rings. The zero-order chi connectivity index (χ0) is 25.8. The Labute approximate surface area is 208 Å². The van der Waals surface area contributed by atoms with E-state index in [1.165, 1.54) is 0 Å². The van der Waals surface area contributed by atoms with E-state index in [4.69, 9.17) is 14.2 Å². The molecule has 10 nitrogen and oxygen atoms in total. The van der Waals surface area contributed by atoms with E-state index in [2.05, 4.69) is 0 Å². The van der Waals surface area contributed by atoms with Crippen LogP contribution in [0, 0.1) is 5.92 Å². The predicted molar refractivity (Wildman–Crippen MR) is 127 cm³/mol. The number of rotatable bonds is 16. The second-order valence-corrected chi connectivity index (χ2v) is 9.89. The maximum Gasteiger partial charge on any atom is 0.222 e. The summed E-state index contributed by atoms with van der Waals surface area (Å²) < 4.78 is 16.3. The summed E-state index contributed by atoms with van der Waals surface area (Å²) in [6, 6.07) is -0.0407. The van der Waals surface area contributed by atoms with Gasteiger partial charge in [-0.1, -0.05) is 19.8 Å². The van der Waals surface area contributed by atoms with Gasteiger partial charge in [-0.2, -0.15) is 0 Å². The number of aliphatic hydroxyl groups excluding tert-OH is 4. The fraction of sp³-hybridized carbons (Fsp3) is 0.920. The van der Waals surface area contributed by atoms with Gasteiger partial charge in [0.25, 0.3) is 0 Å². The normalized spacial score (nSPS) is 31.1. The molecular formula is C25H45NO9. The number of amides is 1. The number of β-amino-alcohol motifs (C(OH)–C–C–N with tert-alkyl or cyclic N) is 1. The minimum Gasteiger partial charge on any atom is -0.394 e. The summed E-state index contributed by atoms with van der Waals surface area (Å²) in [5.41, 5.74) is 0.